The minimum Gasteiger partial charge on any atom is -0.497 e. The van der Waals surface area contributed by atoms with Crippen LogP contribution in [0.4, 0.5) is 0 Å². The van der Waals surface area contributed by atoms with Crippen LogP contribution in [0.15, 0.2) is 30.4 Å². The number of hydrogen-bond donors (Lipinski definition) is 1. The summed E-state index contributed by atoms with van der Waals surface area (Å²) in [7, 11) is 3.09. The Morgan fingerprint density at radius 1 is 1.38 bits per heavy atom. The summed E-state index contributed by atoms with van der Waals surface area (Å²) in [6.07, 6.45) is 0.252. The van der Waals surface area contributed by atoms with Gasteiger partial charge in [-0.1, -0.05) is 12.6 Å². The highest BCUT2D eigenvalue weighted by molar-refractivity contribution is 5.86. The molecular weight excluding hydrogens is 208 g/mol. The first kappa shape index (κ1) is 12.1. The fourth-order valence-electron chi connectivity index (χ4n) is 1.30. The Bertz CT molecular complexity index is 409. The first-order chi connectivity index (χ1) is 7.58. The van der Waals surface area contributed by atoms with Gasteiger partial charge in [-0.15, -0.1) is 0 Å². The van der Waals surface area contributed by atoms with Crippen molar-refractivity contribution in [1.29, 1.82) is 0 Å². The van der Waals surface area contributed by atoms with Gasteiger partial charge in [-0.25, -0.2) is 4.79 Å². The van der Waals surface area contributed by atoms with Crippen LogP contribution in [0.5, 0.6) is 11.5 Å². The van der Waals surface area contributed by atoms with Crippen LogP contribution in [-0.4, -0.2) is 25.3 Å². The molecule has 0 saturated carbocycles. The molecule has 0 aliphatic heterocycles. The average molecular weight is 222 g/mol. The normalized spacial score (nSPS) is 9.62. The lowest BCUT2D eigenvalue weighted by Gasteiger charge is -2.10. The maximum Gasteiger partial charge on any atom is 0.331 e. The standard InChI is InChI=1S/C12H14O4/c1-8(12(13)14)6-9-4-5-10(15-2)7-11(9)16-3/h4-5,7H,1,6H2,2-3H3,(H,13,14). The minimum absolute atomic E-state index is 0.128. The molecule has 0 spiro atoms. The highest BCUT2D eigenvalue weighted by atomic mass is 16.5. The van der Waals surface area contributed by atoms with E-state index in [0.29, 0.717) is 11.5 Å². The van der Waals surface area contributed by atoms with E-state index in [1.807, 2.05) is 0 Å². The number of rotatable bonds is 5. The van der Waals surface area contributed by atoms with Crippen LogP contribution in [-0.2, 0) is 11.2 Å². The molecule has 0 fully saturated rings. The summed E-state index contributed by atoms with van der Waals surface area (Å²) >= 11 is 0. The number of ether oxygens (including phenoxy) is 2. The molecule has 0 saturated heterocycles. The highest BCUT2D eigenvalue weighted by Gasteiger charge is 2.10. The van der Waals surface area contributed by atoms with Gasteiger partial charge in [0.25, 0.3) is 0 Å². The van der Waals surface area contributed by atoms with Crippen molar-refractivity contribution in [2.75, 3.05) is 14.2 Å². The Labute approximate surface area is 94.1 Å². The van der Waals surface area contributed by atoms with E-state index in [-0.39, 0.29) is 12.0 Å². The molecule has 0 aromatic heterocycles. The van der Waals surface area contributed by atoms with Crippen LogP contribution >= 0.6 is 0 Å². The molecule has 0 bridgehead atoms. The van der Waals surface area contributed by atoms with Crippen LogP contribution in [0, 0.1) is 0 Å². The van der Waals surface area contributed by atoms with Crippen molar-refractivity contribution < 1.29 is 19.4 Å². The number of hydrogen-bond acceptors (Lipinski definition) is 3. The average Bonchev–Trinajstić information content (AvgIpc) is 2.29. The Hall–Kier alpha value is -1.97. The Kier molecular flexibility index (Phi) is 3.94. The fraction of sp³-hybridized carbons (Fsp3) is 0.250. The molecule has 0 unspecified atom stereocenters. The van der Waals surface area contributed by atoms with Gasteiger partial charge in [0.1, 0.15) is 11.5 Å². The maximum absolute atomic E-state index is 10.7. The summed E-state index contributed by atoms with van der Waals surface area (Å²) in [6, 6.07) is 5.24. The predicted molar refractivity (Wildman–Crippen MR) is 60.0 cm³/mol. The van der Waals surface area contributed by atoms with Crippen molar-refractivity contribution in [3.05, 3.63) is 35.9 Å². The zero-order valence-corrected chi connectivity index (χ0v) is 9.32. The van der Waals surface area contributed by atoms with Crippen LogP contribution in [0.1, 0.15) is 5.56 Å². The number of carboxylic acid groups (broad SMARTS) is 1. The third-order valence-electron chi connectivity index (χ3n) is 2.20. The molecule has 1 rings (SSSR count). The molecule has 1 N–H and O–H groups in total. The summed E-state index contributed by atoms with van der Waals surface area (Å²) in [5, 5.41) is 8.74. The number of benzene rings is 1. The maximum atomic E-state index is 10.7. The quantitative estimate of drug-likeness (QED) is 0.773. The largest absolute Gasteiger partial charge is 0.497 e. The van der Waals surface area contributed by atoms with Gasteiger partial charge in [-0.3, -0.25) is 0 Å². The van der Waals surface area contributed by atoms with E-state index in [9.17, 15) is 4.79 Å². The lowest BCUT2D eigenvalue weighted by atomic mass is 10.1. The van der Waals surface area contributed by atoms with Gasteiger partial charge < -0.3 is 14.6 Å². The van der Waals surface area contributed by atoms with Crippen molar-refractivity contribution in [3.63, 3.8) is 0 Å². The van der Waals surface area contributed by atoms with E-state index < -0.39 is 5.97 Å². The summed E-state index contributed by atoms with van der Waals surface area (Å²) in [5.41, 5.74) is 0.902. The van der Waals surface area contributed by atoms with Crippen molar-refractivity contribution in [2.45, 2.75) is 6.42 Å². The van der Waals surface area contributed by atoms with Crippen molar-refractivity contribution in [2.24, 2.45) is 0 Å². The molecule has 1 aromatic rings. The minimum atomic E-state index is -1.00. The molecule has 0 heterocycles. The second-order valence-corrected chi connectivity index (χ2v) is 3.26. The van der Waals surface area contributed by atoms with Crippen LogP contribution in [0.25, 0.3) is 0 Å². The number of aliphatic carboxylic acids is 1. The number of carbonyl (C=O) groups is 1. The SMILES string of the molecule is C=C(Cc1ccc(OC)cc1OC)C(=O)O. The van der Waals surface area contributed by atoms with Gasteiger partial charge in [0.15, 0.2) is 0 Å². The molecule has 0 aliphatic rings. The first-order valence-corrected chi connectivity index (χ1v) is 4.70. The van der Waals surface area contributed by atoms with Crippen LogP contribution < -0.4 is 9.47 Å². The molecule has 86 valence electrons. The van der Waals surface area contributed by atoms with Gasteiger partial charge in [0, 0.05) is 18.1 Å². The first-order valence-electron chi connectivity index (χ1n) is 4.70. The van der Waals surface area contributed by atoms with Gasteiger partial charge in [-0.2, -0.15) is 0 Å². The molecule has 0 atom stereocenters. The molecule has 0 radical (unpaired) electrons. The van der Waals surface area contributed by atoms with E-state index in [1.165, 1.54) is 7.11 Å². The molecule has 4 nitrogen and oxygen atoms in total. The predicted octanol–water partition coefficient (Wildman–Crippen LogP) is 1.89. The lowest BCUT2D eigenvalue weighted by Crippen LogP contribution is -2.03. The van der Waals surface area contributed by atoms with Crippen molar-refractivity contribution in [1.82, 2.24) is 0 Å². The van der Waals surface area contributed by atoms with E-state index >= 15 is 0 Å². The lowest BCUT2D eigenvalue weighted by molar-refractivity contribution is -0.132. The third-order valence-corrected chi connectivity index (χ3v) is 2.20. The van der Waals surface area contributed by atoms with Gasteiger partial charge >= 0.3 is 5.97 Å². The Morgan fingerprint density at radius 3 is 2.56 bits per heavy atom. The van der Waals surface area contributed by atoms with E-state index in [4.69, 9.17) is 14.6 Å². The monoisotopic (exact) mass is 222 g/mol. The van der Waals surface area contributed by atoms with E-state index in [0.717, 1.165) is 5.56 Å². The zero-order chi connectivity index (χ0) is 12.1. The second-order valence-electron chi connectivity index (χ2n) is 3.26. The summed E-state index contributed by atoms with van der Waals surface area (Å²) in [4.78, 5) is 10.7. The molecule has 16 heavy (non-hydrogen) atoms. The van der Waals surface area contributed by atoms with Gasteiger partial charge in [-0.05, 0) is 11.6 Å². The fourth-order valence-corrected chi connectivity index (χ4v) is 1.30. The molecule has 0 aliphatic carbocycles. The molecule has 1 aromatic carbocycles. The number of carboxylic acids is 1. The molecule has 0 amide bonds. The van der Waals surface area contributed by atoms with Gasteiger partial charge in [0.05, 0.1) is 14.2 Å². The Balaban J connectivity index is 2.96. The topological polar surface area (TPSA) is 55.8 Å². The second kappa shape index (κ2) is 5.21. The van der Waals surface area contributed by atoms with Gasteiger partial charge in [0.2, 0.25) is 0 Å². The van der Waals surface area contributed by atoms with Crippen LogP contribution in [0.2, 0.25) is 0 Å². The van der Waals surface area contributed by atoms with Crippen molar-refractivity contribution in [3.8, 4) is 11.5 Å². The van der Waals surface area contributed by atoms with E-state index in [2.05, 4.69) is 6.58 Å². The summed E-state index contributed by atoms with van der Waals surface area (Å²) in [5.74, 6) is 0.265. The summed E-state index contributed by atoms with van der Waals surface area (Å²) < 4.78 is 10.2. The van der Waals surface area contributed by atoms with E-state index in [1.54, 1.807) is 25.3 Å². The molecular formula is C12H14O4. The third kappa shape index (κ3) is 2.76. The number of methoxy groups -OCH3 is 2. The summed E-state index contributed by atoms with van der Waals surface area (Å²) in [6.45, 7) is 3.48. The molecule has 4 heteroatoms. The highest BCUT2D eigenvalue weighted by Crippen LogP contribution is 2.26. The Morgan fingerprint density at radius 2 is 2.06 bits per heavy atom. The van der Waals surface area contributed by atoms with Crippen molar-refractivity contribution >= 4 is 5.97 Å². The van der Waals surface area contributed by atoms with Crippen LogP contribution in [0.3, 0.4) is 0 Å². The zero-order valence-electron chi connectivity index (χ0n) is 9.32. The smallest absolute Gasteiger partial charge is 0.331 e.